The molecule has 0 unspecified atom stereocenters. The summed E-state index contributed by atoms with van der Waals surface area (Å²) in [5.41, 5.74) is 1.26. The van der Waals surface area contributed by atoms with Crippen molar-refractivity contribution in [1.29, 1.82) is 0 Å². The van der Waals surface area contributed by atoms with Crippen LogP contribution in [0.5, 0.6) is 5.75 Å². The molecule has 2 aromatic carbocycles. The van der Waals surface area contributed by atoms with Gasteiger partial charge in [-0.05, 0) is 55.5 Å². The molecule has 0 aliphatic rings. The average molecular weight is 320 g/mol. The number of halogens is 1. The molecule has 0 saturated heterocycles. The lowest BCUT2D eigenvalue weighted by Gasteiger charge is -2.08. The third-order valence-electron chi connectivity index (χ3n) is 2.92. The van der Waals surface area contributed by atoms with Gasteiger partial charge >= 0.3 is 0 Å². The van der Waals surface area contributed by atoms with E-state index in [2.05, 4.69) is 5.32 Å². The Hall–Kier alpha value is -2.04. The standard InChI is InChI=1S/C17H18ClNO3/c1-2-21-11-12-22-16-9-3-13(4-10-16)17(20)19-15-7-5-14(18)6-8-15/h3-10H,2,11-12H2,1H3,(H,19,20). The third-order valence-corrected chi connectivity index (χ3v) is 3.17. The number of carbonyl (C=O) groups is 1. The highest BCUT2D eigenvalue weighted by atomic mass is 35.5. The largest absolute Gasteiger partial charge is 0.491 e. The van der Waals surface area contributed by atoms with Crippen molar-refractivity contribution in [2.75, 3.05) is 25.1 Å². The highest BCUT2D eigenvalue weighted by Gasteiger charge is 2.06. The van der Waals surface area contributed by atoms with Crippen molar-refractivity contribution in [3.05, 3.63) is 59.1 Å². The lowest BCUT2D eigenvalue weighted by Crippen LogP contribution is -2.12. The molecule has 0 atom stereocenters. The first kappa shape index (κ1) is 16.3. The molecule has 0 radical (unpaired) electrons. The first-order chi connectivity index (χ1) is 10.7. The SMILES string of the molecule is CCOCCOc1ccc(C(=O)Nc2ccc(Cl)cc2)cc1. The number of carbonyl (C=O) groups excluding carboxylic acids is 1. The summed E-state index contributed by atoms with van der Waals surface area (Å²) in [6, 6.07) is 13.9. The lowest BCUT2D eigenvalue weighted by atomic mass is 10.2. The summed E-state index contributed by atoms with van der Waals surface area (Å²) in [5.74, 6) is 0.533. The van der Waals surface area contributed by atoms with Crippen LogP contribution in [0.4, 0.5) is 5.69 Å². The van der Waals surface area contributed by atoms with E-state index in [9.17, 15) is 4.79 Å². The van der Waals surface area contributed by atoms with E-state index in [1.807, 2.05) is 6.92 Å². The van der Waals surface area contributed by atoms with Gasteiger partial charge in [0, 0.05) is 22.9 Å². The van der Waals surface area contributed by atoms with Crippen LogP contribution in [-0.2, 0) is 4.74 Å². The fourth-order valence-electron chi connectivity index (χ4n) is 1.80. The molecular formula is C17H18ClNO3. The van der Waals surface area contributed by atoms with Gasteiger partial charge in [-0.15, -0.1) is 0 Å². The number of nitrogens with one attached hydrogen (secondary N) is 1. The minimum Gasteiger partial charge on any atom is -0.491 e. The Labute approximate surface area is 135 Å². The molecule has 22 heavy (non-hydrogen) atoms. The quantitative estimate of drug-likeness (QED) is 0.784. The van der Waals surface area contributed by atoms with Gasteiger partial charge in [0.25, 0.3) is 5.91 Å². The van der Waals surface area contributed by atoms with E-state index in [0.29, 0.717) is 41.8 Å². The van der Waals surface area contributed by atoms with Gasteiger partial charge in [0.1, 0.15) is 12.4 Å². The first-order valence-corrected chi connectivity index (χ1v) is 7.44. The molecule has 1 N–H and O–H groups in total. The molecule has 4 nitrogen and oxygen atoms in total. The number of benzene rings is 2. The van der Waals surface area contributed by atoms with E-state index in [1.54, 1.807) is 48.5 Å². The van der Waals surface area contributed by atoms with Crippen molar-refractivity contribution in [2.45, 2.75) is 6.92 Å². The van der Waals surface area contributed by atoms with Crippen LogP contribution in [-0.4, -0.2) is 25.7 Å². The lowest BCUT2D eigenvalue weighted by molar-refractivity contribution is 0.102. The molecule has 116 valence electrons. The molecule has 0 spiro atoms. The van der Waals surface area contributed by atoms with Crippen LogP contribution in [0.3, 0.4) is 0 Å². The van der Waals surface area contributed by atoms with Gasteiger partial charge in [0.05, 0.1) is 6.61 Å². The summed E-state index contributed by atoms with van der Waals surface area (Å²) in [6.45, 7) is 3.65. The molecule has 0 heterocycles. The second-order valence-electron chi connectivity index (χ2n) is 4.53. The molecular weight excluding hydrogens is 302 g/mol. The van der Waals surface area contributed by atoms with Crippen LogP contribution in [0, 0.1) is 0 Å². The fourth-order valence-corrected chi connectivity index (χ4v) is 1.93. The maximum absolute atomic E-state index is 12.1. The number of rotatable bonds is 7. The molecule has 0 saturated carbocycles. The summed E-state index contributed by atoms with van der Waals surface area (Å²) in [5, 5.41) is 3.44. The fraction of sp³-hybridized carbons (Fsp3) is 0.235. The minimum atomic E-state index is -0.178. The topological polar surface area (TPSA) is 47.6 Å². The molecule has 0 aromatic heterocycles. The Bertz CT molecular complexity index is 596. The maximum Gasteiger partial charge on any atom is 0.255 e. The Morgan fingerprint density at radius 1 is 1.05 bits per heavy atom. The minimum absolute atomic E-state index is 0.178. The first-order valence-electron chi connectivity index (χ1n) is 7.06. The molecule has 0 aliphatic heterocycles. The zero-order valence-electron chi connectivity index (χ0n) is 12.3. The molecule has 5 heteroatoms. The van der Waals surface area contributed by atoms with Crippen molar-refractivity contribution >= 4 is 23.2 Å². The van der Waals surface area contributed by atoms with Crippen molar-refractivity contribution < 1.29 is 14.3 Å². The Morgan fingerprint density at radius 3 is 2.36 bits per heavy atom. The number of hydrogen-bond acceptors (Lipinski definition) is 3. The Balaban J connectivity index is 1.89. The van der Waals surface area contributed by atoms with Crippen LogP contribution in [0.2, 0.25) is 5.02 Å². The van der Waals surface area contributed by atoms with E-state index in [0.717, 1.165) is 0 Å². The van der Waals surface area contributed by atoms with Gasteiger partial charge in [0.15, 0.2) is 0 Å². The van der Waals surface area contributed by atoms with Crippen LogP contribution in [0.25, 0.3) is 0 Å². The number of anilines is 1. The highest BCUT2D eigenvalue weighted by Crippen LogP contribution is 2.16. The number of amides is 1. The van der Waals surface area contributed by atoms with Gasteiger partial charge in [0.2, 0.25) is 0 Å². The van der Waals surface area contributed by atoms with E-state index in [-0.39, 0.29) is 5.91 Å². The summed E-state index contributed by atoms with van der Waals surface area (Å²) in [4.78, 5) is 12.1. The van der Waals surface area contributed by atoms with Crippen molar-refractivity contribution in [3.63, 3.8) is 0 Å². The van der Waals surface area contributed by atoms with E-state index in [4.69, 9.17) is 21.1 Å². The molecule has 0 aliphatic carbocycles. The highest BCUT2D eigenvalue weighted by molar-refractivity contribution is 6.30. The molecule has 1 amide bonds. The monoisotopic (exact) mass is 319 g/mol. The van der Waals surface area contributed by atoms with Crippen LogP contribution >= 0.6 is 11.6 Å². The van der Waals surface area contributed by atoms with Crippen LogP contribution in [0.15, 0.2) is 48.5 Å². The van der Waals surface area contributed by atoms with Gasteiger partial charge in [-0.2, -0.15) is 0 Å². The summed E-state index contributed by atoms with van der Waals surface area (Å²) < 4.78 is 10.7. The normalized spacial score (nSPS) is 10.3. The summed E-state index contributed by atoms with van der Waals surface area (Å²) >= 11 is 5.81. The van der Waals surface area contributed by atoms with Gasteiger partial charge in [-0.25, -0.2) is 0 Å². The zero-order valence-corrected chi connectivity index (χ0v) is 13.1. The molecule has 0 fully saturated rings. The Kier molecular flexibility index (Phi) is 6.25. The van der Waals surface area contributed by atoms with E-state index in [1.165, 1.54) is 0 Å². The zero-order chi connectivity index (χ0) is 15.8. The third kappa shape index (κ3) is 5.06. The molecule has 2 aromatic rings. The van der Waals surface area contributed by atoms with E-state index >= 15 is 0 Å². The summed E-state index contributed by atoms with van der Waals surface area (Å²) in [7, 11) is 0. The van der Waals surface area contributed by atoms with Gasteiger partial charge in [-0.3, -0.25) is 4.79 Å². The van der Waals surface area contributed by atoms with Crippen molar-refractivity contribution in [3.8, 4) is 5.75 Å². The second-order valence-corrected chi connectivity index (χ2v) is 4.97. The maximum atomic E-state index is 12.1. The van der Waals surface area contributed by atoms with E-state index < -0.39 is 0 Å². The predicted octanol–water partition coefficient (Wildman–Crippen LogP) is 4.01. The second kappa shape index (κ2) is 8.41. The van der Waals surface area contributed by atoms with Gasteiger partial charge < -0.3 is 14.8 Å². The smallest absolute Gasteiger partial charge is 0.255 e. The van der Waals surface area contributed by atoms with Crippen molar-refractivity contribution in [2.24, 2.45) is 0 Å². The molecule has 0 bridgehead atoms. The number of hydrogen-bond donors (Lipinski definition) is 1. The van der Waals surface area contributed by atoms with Crippen molar-refractivity contribution in [1.82, 2.24) is 0 Å². The molecule has 2 rings (SSSR count). The number of ether oxygens (including phenoxy) is 2. The summed E-state index contributed by atoms with van der Waals surface area (Å²) in [6.07, 6.45) is 0. The average Bonchev–Trinajstić information content (AvgIpc) is 2.54. The van der Waals surface area contributed by atoms with Crippen LogP contribution in [0.1, 0.15) is 17.3 Å². The van der Waals surface area contributed by atoms with Gasteiger partial charge in [-0.1, -0.05) is 11.6 Å². The Morgan fingerprint density at radius 2 is 1.73 bits per heavy atom. The predicted molar refractivity (Wildman–Crippen MR) is 87.8 cm³/mol. The van der Waals surface area contributed by atoms with Crippen LogP contribution < -0.4 is 10.1 Å².